The van der Waals surface area contributed by atoms with Crippen LogP contribution in [0.4, 0.5) is 74.6 Å². The lowest BCUT2D eigenvalue weighted by molar-refractivity contribution is -0.435. The van der Waals surface area contributed by atoms with Crippen LogP contribution in [0.3, 0.4) is 0 Å². The predicted octanol–water partition coefficient (Wildman–Crippen LogP) is 7.05. The molecule has 0 aliphatic carbocycles. The third-order valence-electron chi connectivity index (χ3n) is 4.74. The Balaban J connectivity index is 6.45. The molecule has 21 heteroatoms. The molecule has 0 heterocycles. The largest absolute Gasteiger partial charge is 0.485 e. The van der Waals surface area contributed by atoms with E-state index in [4.69, 9.17) is 8.85 Å². The molecular formula is C18H23F17O3Si. The van der Waals surface area contributed by atoms with E-state index in [9.17, 15) is 74.6 Å². The molecule has 0 aliphatic rings. The molecule has 0 spiro atoms. The van der Waals surface area contributed by atoms with Gasteiger partial charge < -0.3 is 13.3 Å². The molecular weight excluding hydrogens is 615 g/mol. The zero-order valence-electron chi connectivity index (χ0n) is 20.3. The molecule has 0 fully saturated rings. The average molecular weight is 638 g/mol. The second-order valence-electron chi connectivity index (χ2n) is 8.63. The average Bonchev–Trinajstić information content (AvgIpc) is 2.75. The van der Waals surface area contributed by atoms with Gasteiger partial charge in [-0.25, -0.2) is 22.0 Å². The first-order valence-electron chi connectivity index (χ1n) is 10.5. The van der Waals surface area contributed by atoms with Crippen LogP contribution in [0.5, 0.6) is 0 Å². The van der Waals surface area contributed by atoms with Gasteiger partial charge in [-0.2, -0.15) is 52.7 Å². The summed E-state index contributed by atoms with van der Waals surface area (Å²) in [6, 6.07) is 0. The Hall–Kier alpha value is -1.09. The van der Waals surface area contributed by atoms with Gasteiger partial charge in [0.05, 0.1) is 6.10 Å². The second-order valence-corrected chi connectivity index (χ2v) is 10.0. The summed E-state index contributed by atoms with van der Waals surface area (Å²) in [6.07, 6.45) is -25.1. The number of hydrogen-bond donors (Lipinski definition) is 0. The Bertz CT molecular complexity index is 770. The van der Waals surface area contributed by atoms with Gasteiger partial charge in [-0.3, -0.25) is 0 Å². The summed E-state index contributed by atoms with van der Waals surface area (Å²) in [5, 5.41) is 0. The monoisotopic (exact) mass is 638 g/mol. The van der Waals surface area contributed by atoms with Gasteiger partial charge in [-0.1, -0.05) is 0 Å². The first kappa shape index (κ1) is 37.9. The van der Waals surface area contributed by atoms with Crippen LogP contribution < -0.4 is 0 Å². The van der Waals surface area contributed by atoms with Gasteiger partial charge >= 0.3 is 45.1 Å². The van der Waals surface area contributed by atoms with Gasteiger partial charge in [-0.15, -0.1) is 0 Å². The summed E-state index contributed by atoms with van der Waals surface area (Å²) < 4.78 is 245. The molecule has 0 aromatic heterocycles. The van der Waals surface area contributed by atoms with Crippen molar-refractivity contribution >= 4 is 9.53 Å². The van der Waals surface area contributed by atoms with Gasteiger partial charge in [0, 0.05) is 12.2 Å². The highest BCUT2D eigenvalue weighted by Gasteiger charge is 2.92. The van der Waals surface area contributed by atoms with Crippen LogP contribution in [0.25, 0.3) is 0 Å². The van der Waals surface area contributed by atoms with E-state index >= 15 is 0 Å². The lowest BCUT2D eigenvalue weighted by Crippen LogP contribution is -2.73. The fourth-order valence-electron chi connectivity index (χ4n) is 2.57. The molecule has 39 heavy (non-hydrogen) atoms. The molecule has 236 valence electrons. The van der Waals surface area contributed by atoms with E-state index in [1.165, 1.54) is 27.7 Å². The predicted molar refractivity (Wildman–Crippen MR) is 101 cm³/mol. The van der Waals surface area contributed by atoms with Crippen molar-refractivity contribution in [1.29, 1.82) is 0 Å². The quantitative estimate of drug-likeness (QED) is 0.134. The molecule has 4 unspecified atom stereocenters. The maximum absolute atomic E-state index is 14.3. The molecule has 0 aromatic carbocycles. The topological polar surface area (TPSA) is 27.7 Å². The minimum Gasteiger partial charge on any atom is -0.373 e. The maximum atomic E-state index is 14.3. The standard InChI is InChI=1S/C18H23F17O3Si/c1-6(2)36-39(37-7(3)4)38-8(5)10(20)13(24,25)15(28,29)17(32,33)18(34,35)16(30,31)14(26,27)11(21)9(19)12(22)23/h6-12,39H,1-5H3. The van der Waals surface area contributed by atoms with Crippen molar-refractivity contribution in [2.75, 3.05) is 0 Å². The Morgan fingerprint density at radius 1 is 0.462 bits per heavy atom. The fraction of sp³-hybridized carbons (Fsp3) is 1.00. The molecule has 0 bridgehead atoms. The van der Waals surface area contributed by atoms with Crippen molar-refractivity contribution in [3.63, 3.8) is 0 Å². The number of halogens is 17. The maximum Gasteiger partial charge on any atom is 0.485 e. The van der Waals surface area contributed by atoms with Crippen molar-refractivity contribution in [3.05, 3.63) is 0 Å². The number of alkyl halides is 17. The molecule has 3 nitrogen and oxygen atoms in total. The SMILES string of the molecule is CC(C)O[SiH](OC(C)C)OC(C)C(F)C(F)(F)C(F)(F)C(F)(F)C(F)(F)C(F)(F)C(F)(F)C(F)C(F)C(F)F. The Morgan fingerprint density at radius 2 is 0.769 bits per heavy atom. The molecule has 4 atom stereocenters. The minimum absolute atomic E-state index is 0.167. The van der Waals surface area contributed by atoms with Crippen LogP contribution >= 0.6 is 0 Å². The number of rotatable bonds is 16. The van der Waals surface area contributed by atoms with E-state index in [0.717, 1.165) is 0 Å². The van der Waals surface area contributed by atoms with Crippen molar-refractivity contribution in [2.24, 2.45) is 0 Å². The molecule has 0 N–H and O–H groups in total. The van der Waals surface area contributed by atoms with E-state index in [2.05, 4.69) is 4.43 Å². The van der Waals surface area contributed by atoms with E-state index in [1.807, 2.05) is 0 Å². The van der Waals surface area contributed by atoms with Crippen molar-refractivity contribution in [3.8, 4) is 0 Å². The number of hydrogen-bond acceptors (Lipinski definition) is 3. The van der Waals surface area contributed by atoms with Crippen LogP contribution in [0.2, 0.25) is 0 Å². The van der Waals surface area contributed by atoms with Crippen molar-refractivity contribution in [1.82, 2.24) is 0 Å². The van der Waals surface area contributed by atoms with Crippen molar-refractivity contribution < 1.29 is 87.9 Å². The molecule has 0 saturated heterocycles. The lowest BCUT2D eigenvalue weighted by Gasteiger charge is -2.43. The van der Waals surface area contributed by atoms with Gasteiger partial charge in [-0.05, 0) is 34.6 Å². The smallest absolute Gasteiger partial charge is 0.373 e. The van der Waals surface area contributed by atoms with Crippen LogP contribution in [0.15, 0.2) is 0 Å². The fourth-order valence-corrected chi connectivity index (χ4v) is 4.14. The van der Waals surface area contributed by atoms with E-state index < -0.39 is 88.3 Å². The Morgan fingerprint density at radius 3 is 1.05 bits per heavy atom. The minimum atomic E-state index is -8.43. The summed E-state index contributed by atoms with van der Waals surface area (Å²) in [5.74, 6) is -47.7. The highest BCUT2D eigenvalue weighted by atomic mass is 28.3. The van der Waals surface area contributed by atoms with Crippen molar-refractivity contribution in [2.45, 2.75) is 113 Å². The molecule has 0 aliphatic heterocycles. The first-order chi connectivity index (χ1) is 17.1. The summed E-state index contributed by atoms with van der Waals surface area (Å²) in [6.45, 7) is 5.34. The molecule has 0 saturated carbocycles. The third kappa shape index (κ3) is 7.04. The third-order valence-corrected chi connectivity index (χ3v) is 6.92. The zero-order chi connectivity index (χ0) is 31.7. The van der Waals surface area contributed by atoms with Crippen LogP contribution in [-0.2, 0) is 13.3 Å². The van der Waals surface area contributed by atoms with Crippen LogP contribution in [-0.4, -0.2) is 88.3 Å². The van der Waals surface area contributed by atoms with Gasteiger partial charge in [0.2, 0.25) is 6.17 Å². The summed E-state index contributed by atoms with van der Waals surface area (Å²) >= 11 is 0. The first-order valence-corrected chi connectivity index (χ1v) is 11.9. The molecule has 0 aromatic rings. The zero-order valence-corrected chi connectivity index (χ0v) is 21.4. The van der Waals surface area contributed by atoms with E-state index in [-0.39, 0.29) is 6.92 Å². The van der Waals surface area contributed by atoms with Gasteiger partial charge in [0.1, 0.15) is 0 Å². The summed E-state index contributed by atoms with van der Waals surface area (Å²) in [4.78, 5) is 0. The Labute approximate surface area is 211 Å². The molecule has 0 radical (unpaired) electrons. The van der Waals surface area contributed by atoms with Crippen LogP contribution in [0.1, 0.15) is 34.6 Å². The Kier molecular flexibility index (Phi) is 12.1. The van der Waals surface area contributed by atoms with Gasteiger partial charge in [0.25, 0.3) is 6.43 Å². The van der Waals surface area contributed by atoms with E-state index in [0.29, 0.717) is 0 Å². The molecule has 0 rings (SSSR count). The highest BCUT2D eigenvalue weighted by Crippen LogP contribution is 2.61. The molecule has 0 amide bonds. The normalized spacial score (nSPS) is 18.3. The summed E-state index contributed by atoms with van der Waals surface area (Å²) in [5.41, 5.74) is 0. The van der Waals surface area contributed by atoms with E-state index in [1.54, 1.807) is 0 Å². The lowest BCUT2D eigenvalue weighted by atomic mass is 9.87. The highest BCUT2D eigenvalue weighted by molar-refractivity contribution is 6.36. The van der Waals surface area contributed by atoms with Gasteiger partial charge in [0.15, 0.2) is 12.3 Å². The second kappa shape index (κ2) is 12.4. The van der Waals surface area contributed by atoms with Crippen LogP contribution in [0, 0.1) is 0 Å². The summed E-state index contributed by atoms with van der Waals surface area (Å²) in [7, 11) is -3.76.